The predicted molar refractivity (Wildman–Crippen MR) is 101 cm³/mol. The Kier molecular flexibility index (Phi) is 5.52. The first-order valence-corrected chi connectivity index (χ1v) is 9.84. The fourth-order valence-corrected chi connectivity index (χ4v) is 4.03. The predicted octanol–water partition coefficient (Wildman–Crippen LogP) is 0.998. The third-order valence-electron chi connectivity index (χ3n) is 4.24. The number of para-hydroxylation sites is 1. The van der Waals surface area contributed by atoms with E-state index in [1.807, 2.05) is 0 Å². The standard InChI is InChI=1S/C18H19N3O6S/c1-27-11-6-8-12(9-7-11)28(25,26)21-15(18(23)24)10-16-19-14-5-3-2-4-13(14)17(22)20-16/h2-9,15-16,19,21H,10H2,1H3,(H,20,22)(H,23,24). The molecule has 0 saturated carbocycles. The van der Waals surface area contributed by atoms with Gasteiger partial charge in [-0.05, 0) is 36.4 Å². The number of methoxy groups -OCH3 is 1. The van der Waals surface area contributed by atoms with E-state index in [2.05, 4.69) is 15.4 Å². The van der Waals surface area contributed by atoms with E-state index in [4.69, 9.17) is 4.74 Å². The lowest BCUT2D eigenvalue weighted by Crippen LogP contribution is -2.51. The van der Waals surface area contributed by atoms with Crippen LogP contribution in [-0.2, 0) is 14.8 Å². The second-order valence-corrected chi connectivity index (χ2v) is 7.85. The van der Waals surface area contributed by atoms with Crippen LogP contribution in [0, 0.1) is 0 Å². The minimum Gasteiger partial charge on any atom is -0.497 e. The minimum absolute atomic E-state index is 0.0921. The number of nitrogens with one attached hydrogen (secondary N) is 3. The van der Waals surface area contributed by atoms with E-state index in [0.29, 0.717) is 17.0 Å². The van der Waals surface area contributed by atoms with Crippen LogP contribution in [0.1, 0.15) is 16.8 Å². The van der Waals surface area contributed by atoms with Gasteiger partial charge in [-0.2, -0.15) is 4.72 Å². The summed E-state index contributed by atoms with van der Waals surface area (Å²) in [6.07, 6.45) is -0.938. The third-order valence-corrected chi connectivity index (χ3v) is 5.73. The molecule has 0 bridgehead atoms. The Labute approximate surface area is 161 Å². The largest absolute Gasteiger partial charge is 0.497 e. The van der Waals surface area contributed by atoms with Crippen molar-refractivity contribution in [1.82, 2.24) is 10.0 Å². The zero-order valence-electron chi connectivity index (χ0n) is 14.9. The molecule has 148 valence electrons. The minimum atomic E-state index is -4.08. The molecule has 9 nitrogen and oxygen atoms in total. The molecule has 1 heterocycles. The molecule has 1 aliphatic heterocycles. The highest BCUT2D eigenvalue weighted by atomic mass is 32.2. The third kappa shape index (κ3) is 4.24. The van der Waals surface area contributed by atoms with Crippen LogP contribution in [0.3, 0.4) is 0 Å². The van der Waals surface area contributed by atoms with Crippen LogP contribution >= 0.6 is 0 Å². The van der Waals surface area contributed by atoms with E-state index in [9.17, 15) is 23.1 Å². The van der Waals surface area contributed by atoms with E-state index in [0.717, 1.165) is 0 Å². The van der Waals surface area contributed by atoms with Crippen molar-refractivity contribution in [1.29, 1.82) is 0 Å². The number of anilines is 1. The van der Waals surface area contributed by atoms with Crippen molar-refractivity contribution < 1.29 is 27.9 Å². The molecule has 0 fully saturated rings. The van der Waals surface area contributed by atoms with Gasteiger partial charge in [-0.3, -0.25) is 9.59 Å². The summed E-state index contributed by atoms with van der Waals surface area (Å²) in [5.41, 5.74) is 0.989. The van der Waals surface area contributed by atoms with Gasteiger partial charge >= 0.3 is 5.97 Å². The Morgan fingerprint density at radius 1 is 1.18 bits per heavy atom. The number of hydrogen-bond acceptors (Lipinski definition) is 6. The summed E-state index contributed by atoms with van der Waals surface area (Å²) in [5, 5.41) is 15.1. The smallest absolute Gasteiger partial charge is 0.321 e. The highest BCUT2D eigenvalue weighted by molar-refractivity contribution is 7.89. The molecule has 1 amide bonds. The summed E-state index contributed by atoms with van der Waals surface area (Å²) in [6, 6.07) is 10.9. The van der Waals surface area contributed by atoms with Gasteiger partial charge in [-0.25, -0.2) is 8.42 Å². The monoisotopic (exact) mass is 405 g/mol. The lowest BCUT2D eigenvalue weighted by molar-refractivity contribution is -0.139. The van der Waals surface area contributed by atoms with E-state index in [-0.39, 0.29) is 17.2 Å². The number of fused-ring (bicyclic) bond motifs is 1. The SMILES string of the molecule is COc1ccc(S(=O)(=O)NC(CC2NC(=O)c3ccccc3N2)C(=O)O)cc1. The highest BCUT2D eigenvalue weighted by Gasteiger charge is 2.31. The maximum absolute atomic E-state index is 12.5. The van der Waals surface area contributed by atoms with Gasteiger partial charge in [0.2, 0.25) is 10.0 Å². The van der Waals surface area contributed by atoms with Crippen molar-refractivity contribution in [3.8, 4) is 5.75 Å². The number of ether oxygens (including phenoxy) is 1. The van der Waals surface area contributed by atoms with Gasteiger partial charge in [0.25, 0.3) is 5.91 Å². The number of carbonyl (C=O) groups is 2. The van der Waals surface area contributed by atoms with E-state index in [1.54, 1.807) is 24.3 Å². The lowest BCUT2D eigenvalue weighted by atomic mass is 10.1. The fraction of sp³-hybridized carbons (Fsp3) is 0.222. The van der Waals surface area contributed by atoms with E-state index >= 15 is 0 Å². The van der Waals surface area contributed by atoms with Crippen molar-refractivity contribution in [3.05, 3.63) is 54.1 Å². The molecule has 2 unspecified atom stereocenters. The van der Waals surface area contributed by atoms with E-state index in [1.165, 1.54) is 31.4 Å². The second kappa shape index (κ2) is 7.87. The van der Waals surface area contributed by atoms with Crippen molar-refractivity contribution in [3.63, 3.8) is 0 Å². The van der Waals surface area contributed by atoms with E-state index < -0.39 is 28.2 Å². The number of sulfonamides is 1. The Balaban J connectivity index is 1.75. The number of rotatable bonds is 7. The Morgan fingerprint density at radius 2 is 1.86 bits per heavy atom. The maximum Gasteiger partial charge on any atom is 0.321 e. The summed E-state index contributed by atoms with van der Waals surface area (Å²) in [5.74, 6) is -1.24. The number of carboxylic acid groups (broad SMARTS) is 1. The summed E-state index contributed by atoms with van der Waals surface area (Å²) >= 11 is 0. The molecule has 4 N–H and O–H groups in total. The highest BCUT2D eigenvalue weighted by Crippen LogP contribution is 2.22. The first kappa shape index (κ1) is 19.6. The second-order valence-electron chi connectivity index (χ2n) is 6.14. The van der Waals surface area contributed by atoms with Crippen LogP contribution in [0.2, 0.25) is 0 Å². The lowest BCUT2D eigenvalue weighted by Gasteiger charge is -2.29. The molecule has 0 aliphatic carbocycles. The first-order chi connectivity index (χ1) is 13.3. The number of carbonyl (C=O) groups excluding carboxylic acids is 1. The molecule has 0 aromatic heterocycles. The quantitative estimate of drug-likeness (QED) is 0.540. The Hall–Kier alpha value is -3.11. The molecule has 0 radical (unpaired) electrons. The average Bonchev–Trinajstić information content (AvgIpc) is 2.67. The van der Waals surface area contributed by atoms with Crippen LogP contribution in [0.5, 0.6) is 5.75 Å². The zero-order chi connectivity index (χ0) is 20.3. The van der Waals surface area contributed by atoms with Crippen LogP contribution in [0.4, 0.5) is 5.69 Å². The van der Waals surface area contributed by atoms with Gasteiger partial charge in [0.1, 0.15) is 18.0 Å². The number of carboxylic acids is 1. The maximum atomic E-state index is 12.5. The van der Waals surface area contributed by atoms with Gasteiger partial charge < -0.3 is 20.5 Å². The van der Waals surface area contributed by atoms with Crippen molar-refractivity contribution in [2.45, 2.75) is 23.5 Å². The fourth-order valence-electron chi connectivity index (χ4n) is 2.83. The molecule has 3 rings (SSSR count). The van der Waals surface area contributed by atoms with Crippen LogP contribution < -0.4 is 20.1 Å². The molecular weight excluding hydrogens is 386 g/mol. The van der Waals surface area contributed by atoms with Crippen molar-refractivity contribution >= 4 is 27.6 Å². The van der Waals surface area contributed by atoms with Gasteiger partial charge in [-0.1, -0.05) is 12.1 Å². The molecule has 2 aromatic carbocycles. The number of hydrogen-bond donors (Lipinski definition) is 4. The molecular formula is C18H19N3O6S. The molecule has 1 aliphatic rings. The van der Waals surface area contributed by atoms with Crippen LogP contribution in [-0.4, -0.2) is 44.7 Å². The van der Waals surface area contributed by atoms with Crippen LogP contribution in [0.25, 0.3) is 0 Å². The average molecular weight is 405 g/mol. The zero-order valence-corrected chi connectivity index (χ0v) is 15.7. The Morgan fingerprint density at radius 3 is 2.50 bits per heavy atom. The summed E-state index contributed by atoms with van der Waals surface area (Å²) in [6.45, 7) is 0. The summed E-state index contributed by atoms with van der Waals surface area (Å²) in [4.78, 5) is 23.7. The van der Waals surface area contributed by atoms with Gasteiger partial charge in [0, 0.05) is 12.1 Å². The molecule has 0 spiro atoms. The molecule has 0 saturated heterocycles. The van der Waals surface area contributed by atoms with Crippen molar-refractivity contribution in [2.75, 3.05) is 12.4 Å². The molecule has 2 atom stereocenters. The van der Waals surface area contributed by atoms with Gasteiger partial charge in [0.15, 0.2) is 0 Å². The number of benzene rings is 2. The Bertz CT molecular complexity index is 991. The van der Waals surface area contributed by atoms with Crippen LogP contribution in [0.15, 0.2) is 53.4 Å². The van der Waals surface area contributed by atoms with Crippen molar-refractivity contribution in [2.24, 2.45) is 0 Å². The first-order valence-electron chi connectivity index (χ1n) is 8.36. The summed E-state index contributed by atoms with van der Waals surface area (Å²) in [7, 11) is -2.63. The molecule has 28 heavy (non-hydrogen) atoms. The summed E-state index contributed by atoms with van der Waals surface area (Å²) < 4.78 is 32.2. The molecule has 2 aromatic rings. The number of amides is 1. The number of aliphatic carboxylic acids is 1. The van der Waals surface area contributed by atoms with Gasteiger partial charge in [-0.15, -0.1) is 0 Å². The normalized spacial score (nSPS) is 17.0. The topological polar surface area (TPSA) is 134 Å². The van der Waals surface area contributed by atoms with Gasteiger partial charge in [0.05, 0.1) is 17.6 Å². The molecule has 10 heteroatoms.